The quantitative estimate of drug-likeness (QED) is 0.609. The molecule has 0 unspecified atom stereocenters. The van der Waals surface area contributed by atoms with Crippen molar-refractivity contribution in [1.29, 1.82) is 0 Å². The second-order valence-electron chi connectivity index (χ2n) is 4.26. The number of aromatic nitrogens is 4. The largest absolute Gasteiger partial charge is 0.387 e. The number of aliphatic hydroxyl groups excluding tert-OH is 2. The highest BCUT2D eigenvalue weighted by Crippen LogP contribution is 2.31. The molecule has 0 amide bonds. The number of hydrogen-bond donors (Lipinski definition) is 3. The summed E-state index contributed by atoms with van der Waals surface area (Å²) in [5.41, 5.74) is 0.0306. The van der Waals surface area contributed by atoms with Crippen LogP contribution in [0.4, 0.5) is 0 Å². The minimum atomic E-state index is -1.16. The topological polar surface area (TPSA) is 113 Å². The van der Waals surface area contributed by atoms with Crippen molar-refractivity contribution in [2.45, 2.75) is 24.5 Å². The van der Waals surface area contributed by atoms with Crippen molar-refractivity contribution in [3.05, 3.63) is 23.0 Å². The lowest BCUT2D eigenvalue weighted by Crippen LogP contribution is -2.32. The lowest BCUT2D eigenvalue weighted by atomic mass is 10.1. The Kier molecular flexibility index (Phi) is 3.02. The van der Waals surface area contributed by atoms with Crippen LogP contribution in [0.1, 0.15) is 6.23 Å². The van der Waals surface area contributed by atoms with Crippen molar-refractivity contribution in [1.82, 2.24) is 19.5 Å². The van der Waals surface area contributed by atoms with Crippen molar-refractivity contribution < 1.29 is 14.9 Å². The maximum absolute atomic E-state index is 11.5. The molecule has 0 spiro atoms. The van der Waals surface area contributed by atoms with Crippen molar-refractivity contribution in [2.75, 3.05) is 5.88 Å². The van der Waals surface area contributed by atoms with Crippen LogP contribution in [-0.2, 0) is 4.74 Å². The van der Waals surface area contributed by atoms with E-state index in [4.69, 9.17) is 16.3 Å². The number of hydrogen-bond acceptors (Lipinski definition) is 6. The fourth-order valence-corrected chi connectivity index (χ4v) is 2.39. The summed E-state index contributed by atoms with van der Waals surface area (Å²) in [6.45, 7) is 0. The Hall–Kier alpha value is -1.48. The predicted molar refractivity (Wildman–Crippen MR) is 64.8 cm³/mol. The highest BCUT2D eigenvalue weighted by molar-refractivity contribution is 6.18. The monoisotopic (exact) mass is 286 g/mol. The minimum absolute atomic E-state index is 0.0510. The zero-order valence-corrected chi connectivity index (χ0v) is 10.4. The third kappa shape index (κ3) is 1.84. The molecule has 4 atom stereocenters. The van der Waals surface area contributed by atoms with Crippen molar-refractivity contribution in [3.8, 4) is 0 Å². The third-order valence-corrected chi connectivity index (χ3v) is 3.43. The van der Waals surface area contributed by atoms with Gasteiger partial charge in [0.15, 0.2) is 17.4 Å². The summed E-state index contributed by atoms with van der Waals surface area (Å²) in [6, 6.07) is 0. The van der Waals surface area contributed by atoms with Gasteiger partial charge in [0.1, 0.15) is 18.3 Å². The lowest BCUT2D eigenvalue weighted by Gasteiger charge is -2.16. The number of nitrogens with one attached hydrogen (secondary N) is 1. The maximum atomic E-state index is 11.5. The zero-order chi connectivity index (χ0) is 13.6. The van der Waals surface area contributed by atoms with Gasteiger partial charge in [-0.05, 0) is 0 Å². The number of alkyl halides is 1. The van der Waals surface area contributed by atoms with E-state index in [0.29, 0.717) is 0 Å². The summed E-state index contributed by atoms with van der Waals surface area (Å²) in [4.78, 5) is 21.9. The van der Waals surface area contributed by atoms with E-state index in [0.717, 1.165) is 0 Å². The minimum Gasteiger partial charge on any atom is -0.387 e. The van der Waals surface area contributed by atoms with Gasteiger partial charge in [0.2, 0.25) is 0 Å². The number of aliphatic hydroxyl groups is 2. The number of imidazole rings is 1. The van der Waals surface area contributed by atoms with Gasteiger partial charge in [0.25, 0.3) is 5.56 Å². The van der Waals surface area contributed by atoms with E-state index in [2.05, 4.69) is 15.0 Å². The van der Waals surface area contributed by atoms with Crippen LogP contribution in [0.5, 0.6) is 0 Å². The van der Waals surface area contributed by atoms with E-state index >= 15 is 0 Å². The van der Waals surface area contributed by atoms with Gasteiger partial charge in [0, 0.05) is 0 Å². The average molecular weight is 287 g/mol. The van der Waals surface area contributed by atoms with Crippen LogP contribution >= 0.6 is 11.6 Å². The van der Waals surface area contributed by atoms with Crippen LogP contribution in [0, 0.1) is 0 Å². The van der Waals surface area contributed by atoms with Crippen molar-refractivity contribution >= 4 is 22.8 Å². The number of rotatable bonds is 2. The van der Waals surface area contributed by atoms with Gasteiger partial charge in [-0.3, -0.25) is 9.36 Å². The van der Waals surface area contributed by atoms with Gasteiger partial charge in [-0.1, -0.05) is 0 Å². The Morgan fingerprint density at radius 2 is 2.21 bits per heavy atom. The molecule has 3 heterocycles. The molecule has 1 saturated heterocycles. The summed E-state index contributed by atoms with van der Waals surface area (Å²) >= 11 is 5.65. The zero-order valence-electron chi connectivity index (χ0n) is 9.60. The number of aromatic amines is 1. The molecule has 102 valence electrons. The molecule has 19 heavy (non-hydrogen) atoms. The fourth-order valence-electron chi connectivity index (χ4n) is 2.14. The van der Waals surface area contributed by atoms with Crippen LogP contribution in [0.25, 0.3) is 11.2 Å². The van der Waals surface area contributed by atoms with Gasteiger partial charge in [-0.15, -0.1) is 11.6 Å². The Balaban J connectivity index is 2.06. The van der Waals surface area contributed by atoms with E-state index in [1.807, 2.05) is 0 Å². The normalized spacial score (nSPS) is 31.1. The maximum Gasteiger partial charge on any atom is 0.278 e. The Bertz CT molecular complexity index is 656. The van der Waals surface area contributed by atoms with Crippen LogP contribution < -0.4 is 5.56 Å². The van der Waals surface area contributed by atoms with Crippen LogP contribution in [0.15, 0.2) is 17.4 Å². The Morgan fingerprint density at radius 3 is 2.89 bits per heavy atom. The highest BCUT2D eigenvalue weighted by Gasteiger charge is 2.43. The molecule has 3 N–H and O–H groups in total. The summed E-state index contributed by atoms with van der Waals surface area (Å²) in [6.07, 6.45) is -1.24. The average Bonchev–Trinajstić information content (AvgIpc) is 2.94. The first-order chi connectivity index (χ1) is 9.13. The molecule has 2 aromatic heterocycles. The van der Waals surface area contributed by atoms with E-state index in [1.54, 1.807) is 0 Å². The lowest BCUT2D eigenvalue weighted by molar-refractivity contribution is -0.0291. The van der Waals surface area contributed by atoms with Gasteiger partial charge < -0.3 is 19.9 Å². The summed E-state index contributed by atoms with van der Waals surface area (Å²) in [5.74, 6) is 0.0510. The predicted octanol–water partition coefficient (Wildman–Crippen LogP) is -1.02. The van der Waals surface area contributed by atoms with Crippen LogP contribution in [-0.4, -0.2) is 53.9 Å². The smallest absolute Gasteiger partial charge is 0.278 e. The van der Waals surface area contributed by atoms with Gasteiger partial charge >= 0.3 is 0 Å². The highest BCUT2D eigenvalue weighted by atomic mass is 35.5. The molecule has 0 bridgehead atoms. The molecular weight excluding hydrogens is 276 g/mol. The molecular formula is C10H11ClN4O4. The molecule has 0 saturated carbocycles. The molecule has 0 aromatic carbocycles. The second-order valence-corrected chi connectivity index (χ2v) is 4.56. The summed E-state index contributed by atoms with van der Waals surface area (Å²) in [5, 5.41) is 19.7. The molecule has 0 radical (unpaired) electrons. The van der Waals surface area contributed by atoms with E-state index < -0.39 is 24.5 Å². The molecule has 2 aromatic rings. The molecule has 9 heteroatoms. The number of fused-ring (bicyclic) bond motifs is 1. The number of halogens is 1. The third-order valence-electron chi connectivity index (χ3n) is 3.13. The molecule has 1 aliphatic heterocycles. The van der Waals surface area contributed by atoms with Crippen LogP contribution in [0.2, 0.25) is 0 Å². The van der Waals surface area contributed by atoms with Crippen molar-refractivity contribution in [2.24, 2.45) is 0 Å². The Morgan fingerprint density at radius 1 is 1.42 bits per heavy atom. The van der Waals surface area contributed by atoms with E-state index in [-0.39, 0.29) is 22.6 Å². The Labute approximate surface area is 111 Å². The molecule has 8 nitrogen and oxygen atoms in total. The molecule has 1 fully saturated rings. The number of nitrogens with zero attached hydrogens (tertiary/aromatic N) is 3. The van der Waals surface area contributed by atoms with Gasteiger partial charge in [-0.2, -0.15) is 0 Å². The number of ether oxygens (including phenoxy) is 1. The first-order valence-electron chi connectivity index (χ1n) is 5.61. The van der Waals surface area contributed by atoms with Crippen molar-refractivity contribution in [3.63, 3.8) is 0 Å². The first-order valence-corrected chi connectivity index (χ1v) is 6.14. The fraction of sp³-hybridized carbons (Fsp3) is 0.500. The van der Waals surface area contributed by atoms with Gasteiger partial charge in [0.05, 0.1) is 18.5 Å². The first kappa shape index (κ1) is 12.5. The number of H-pyrrole nitrogens is 1. The molecule has 0 aliphatic carbocycles. The van der Waals surface area contributed by atoms with Crippen LogP contribution in [0.3, 0.4) is 0 Å². The summed E-state index contributed by atoms with van der Waals surface area (Å²) < 4.78 is 6.87. The van der Waals surface area contributed by atoms with E-state index in [9.17, 15) is 15.0 Å². The second kappa shape index (κ2) is 4.57. The standard InChI is InChI=1S/C10H11ClN4O4/c11-1-4-6(16)7(17)10(19-4)15-3-14-5-8(15)12-2-13-9(5)18/h2-4,6-7,10,16-17H,1H2,(H,12,13,18)/t4-,6+,7+,10+/m0/s1. The van der Waals surface area contributed by atoms with E-state index in [1.165, 1.54) is 17.2 Å². The SMILES string of the molecule is O=c1[nH]cnc2c1ncn2[C@@H]1O[C@@H](CCl)[C@@H](O)[C@H]1O. The molecule has 1 aliphatic rings. The summed E-state index contributed by atoms with van der Waals surface area (Å²) in [7, 11) is 0. The molecule has 3 rings (SSSR count). The van der Waals surface area contributed by atoms with Gasteiger partial charge in [-0.25, -0.2) is 9.97 Å².